The summed E-state index contributed by atoms with van der Waals surface area (Å²) in [7, 11) is 2.16. The van der Waals surface area contributed by atoms with Crippen LogP contribution < -0.4 is 26.0 Å². The van der Waals surface area contributed by atoms with Crippen molar-refractivity contribution in [3.05, 3.63) is 45.7 Å². The highest BCUT2D eigenvalue weighted by molar-refractivity contribution is 7.12. The quantitative estimate of drug-likeness (QED) is 0.310. The van der Waals surface area contributed by atoms with Gasteiger partial charge < -0.3 is 30.9 Å². The number of piperidine rings is 1. The number of aromatic nitrogens is 2. The number of nitrogens with one attached hydrogen (secondary N) is 2. The van der Waals surface area contributed by atoms with E-state index in [0.717, 1.165) is 51.3 Å². The van der Waals surface area contributed by atoms with E-state index in [1.165, 1.54) is 17.5 Å². The summed E-state index contributed by atoms with van der Waals surface area (Å²) in [6, 6.07) is 7.88. The van der Waals surface area contributed by atoms with Crippen LogP contribution in [-0.4, -0.2) is 84.1 Å². The number of carbonyl (C=O) groups is 1. The Morgan fingerprint density at radius 1 is 1.17 bits per heavy atom. The zero-order valence-electron chi connectivity index (χ0n) is 22.8. The van der Waals surface area contributed by atoms with Crippen molar-refractivity contribution in [3.63, 3.8) is 0 Å². The number of carbonyl (C=O) groups excluding carboxylic acids is 1. The molecule has 41 heavy (non-hydrogen) atoms. The standard InChI is InChI=1S/C27H33ClF2N8O2S/c1-16-15-36(2)10-11-38(16)17-5-8-37(9-6-17)18-3-4-20(22(13-18)40-26(29)30)34-27-32-14-19(28)25(35-27)33-21-7-12-41-23(21)24(31)39/h3-4,7,12-14,16-17,26H,5-6,8-11,15H2,1-2H3,(H2,31,39)(H2,32,33,34,35). The highest BCUT2D eigenvalue weighted by Crippen LogP contribution is 2.35. The largest absolute Gasteiger partial charge is 0.433 e. The Bertz CT molecular complexity index is 1370. The van der Waals surface area contributed by atoms with Gasteiger partial charge in [-0.05, 0) is 50.4 Å². The fourth-order valence-electron chi connectivity index (χ4n) is 5.52. The lowest BCUT2D eigenvalue weighted by molar-refractivity contribution is -0.0493. The highest BCUT2D eigenvalue weighted by Gasteiger charge is 2.31. The Balaban J connectivity index is 1.30. The number of rotatable bonds is 9. The van der Waals surface area contributed by atoms with Gasteiger partial charge in [0.25, 0.3) is 5.91 Å². The molecule has 220 valence electrons. The van der Waals surface area contributed by atoms with Crippen LogP contribution in [0.2, 0.25) is 5.02 Å². The van der Waals surface area contributed by atoms with Crippen LogP contribution in [0.1, 0.15) is 29.4 Å². The first-order chi connectivity index (χ1) is 19.7. The smallest absolute Gasteiger partial charge is 0.387 e. The minimum absolute atomic E-state index is 0.0192. The molecule has 5 rings (SSSR count). The van der Waals surface area contributed by atoms with E-state index in [4.69, 9.17) is 22.1 Å². The highest BCUT2D eigenvalue weighted by atomic mass is 35.5. The van der Waals surface area contributed by atoms with Gasteiger partial charge in [0.2, 0.25) is 5.95 Å². The van der Waals surface area contributed by atoms with E-state index in [1.807, 2.05) is 6.07 Å². The van der Waals surface area contributed by atoms with Crippen LogP contribution in [0.3, 0.4) is 0 Å². The lowest BCUT2D eigenvalue weighted by Crippen LogP contribution is -2.56. The van der Waals surface area contributed by atoms with E-state index < -0.39 is 12.5 Å². The van der Waals surface area contributed by atoms with Gasteiger partial charge >= 0.3 is 6.61 Å². The van der Waals surface area contributed by atoms with Gasteiger partial charge in [0, 0.05) is 56.6 Å². The zero-order valence-corrected chi connectivity index (χ0v) is 24.4. The molecule has 2 aliphatic heterocycles. The first-order valence-corrected chi connectivity index (χ1v) is 14.7. The van der Waals surface area contributed by atoms with Gasteiger partial charge in [-0.15, -0.1) is 11.3 Å². The Morgan fingerprint density at radius 3 is 2.66 bits per heavy atom. The molecule has 4 heterocycles. The molecule has 0 bridgehead atoms. The molecular formula is C27H33ClF2N8O2S. The summed E-state index contributed by atoms with van der Waals surface area (Å²) in [5.74, 6) is -0.287. The van der Waals surface area contributed by atoms with Crippen molar-refractivity contribution in [1.82, 2.24) is 19.8 Å². The molecule has 0 radical (unpaired) electrons. The van der Waals surface area contributed by atoms with Crippen molar-refractivity contribution in [1.29, 1.82) is 0 Å². The molecule has 0 aliphatic carbocycles. The summed E-state index contributed by atoms with van der Waals surface area (Å²) >= 11 is 7.45. The van der Waals surface area contributed by atoms with Crippen molar-refractivity contribution in [2.75, 3.05) is 55.3 Å². The van der Waals surface area contributed by atoms with Gasteiger partial charge in [0.1, 0.15) is 9.90 Å². The number of halogens is 3. The van der Waals surface area contributed by atoms with Crippen LogP contribution in [0.25, 0.3) is 0 Å². The van der Waals surface area contributed by atoms with Crippen LogP contribution in [-0.2, 0) is 0 Å². The fourth-order valence-corrected chi connectivity index (χ4v) is 6.36. The van der Waals surface area contributed by atoms with Gasteiger partial charge in [-0.2, -0.15) is 13.8 Å². The van der Waals surface area contributed by atoms with Crippen LogP contribution in [0.5, 0.6) is 5.75 Å². The number of alkyl halides is 2. The third-order valence-electron chi connectivity index (χ3n) is 7.49. The normalized spacial score (nSPS) is 19.0. The maximum absolute atomic E-state index is 13.4. The maximum Gasteiger partial charge on any atom is 0.387 e. The number of benzene rings is 1. The average Bonchev–Trinajstić information content (AvgIpc) is 3.40. The summed E-state index contributed by atoms with van der Waals surface area (Å²) in [5.41, 5.74) is 6.96. The van der Waals surface area contributed by atoms with Gasteiger partial charge in [-0.1, -0.05) is 11.6 Å². The number of hydrogen-bond donors (Lipinski definition) is 3. The Labute approximate surface area is 246 Å². The van der Waals surface area contributed by atoms with Crippen molar-refractivity contribution < 1.29 is 18.3 Å². The number of nitrogens with zero attached hydrogens (tertiary/aromatic N) is 5. The number of hydrogen-bond acceptors (Lipinski definition) is 10. The first kappa shape index (κ1) is 29.2. The lowest BCUT2D eigenvalue weighted by Gasteiger charge is -2.46. The molecule has 4 N–H and O–H groups in total. The van der Waals surface area contributed by atoms with E-state index in [-0.39, 0.29) is 28.2 Å². The molecule has 2 aliphatic rings. The molecule has 1 amide bonds. The number of anilines is 5. The predicted molar refractivity (Wildman–Crippen MR) is 158 cm³/mol. The molecule has 14 heteroatoms. The summed E-state index contributed by atoms with van der Waals surface area (Å²) in [4.78, 5) is 27.7. The molecule has 1 unspecified atom stereocenters. The number of nitrogens with two attached hydrogens (primary N) is 1. The van der Waals surface area contributed by atoms with Gasteiger partial charge in [0.15, 0.2) is 11.6 Å². The van der Waals surface area contributed by atoms with Crippen LogP contribution in [0, 0.1) is 0 Å². The molecule has 3 aromatic rings. The van der Waals surface area contributed by atoms with Crippen molar-refractivity contribution in [3.8, 4) is 5.75 Å². The van der Waals surface area contributed by atoms with E-state index in [2.05, 4.69) is 49.3 Å². The van der Waals surface area contributed by atoms with Crippen LogP contribution >= 0.6 is 22.9 Å². The second kappa shape index (κ2) is 12.7. The third kappa shape index (κ3) is 6.97. The third-order valence-corrected chi connectivity index (χ3v) is 8.70. The second-order valence-electron chi connectivity index (χ2n) is 10.3. The number of primary amides is 1. The van der Waals surface area contributed by atoms with Gasteiger partial charge in [0.05, 0.1) is 17.6 Å². The topological polar surface area (TPSA) is 112 Å². The zero-order chi connectivity index (χ0) is 29.1. The first-order valence-electron chi connectivity index (χ1n) is 13.4. The molecule has 10 nitrogen and oxygen atoms in total. The number of amides is 1. The van der Waals surface area contributed by atoms with E-state index >= 15 is 0 Å². The summed E-state index contributed by atoms with van der Waals surface area (Å²) < 4.78 is 31.7. The number of piperazine rings is 1. The molecule has 2 aromatic heterocycles. The Morgan fingerprint density at radius 2 is 1.95 bits per heavy atom. The summed E-state index contributed by atoms with van der Waals surface area (Å²) in [6.07, 6.45) is 3.38. The van der Waals surface area contributed by atoms with Crippen molar-refractivity contribution >= 4 is 57.7 Å². The van der Waals surface area contributed by atoms with Crippen LogP contribution in [0.4, 0.5) is 37.6 Å². The predicted octanol–water partition coefficient (Wildman–Crippen LogP) is 4.98. The van der Waals surface area contributed by atoms with Crippen molar-refractivity contribution in [2.24, 2.45) is 5.73 Å². The Kier molecular flexibility index (Phi) is 9.07. The molecule has 1 aromatic carbocycles. The number of ether oxygens (including phenoxy) is 1. The summed E-state index contributed by atoms with van der Waals surface area (Å²) in [6.45, 7) is 4.14. The minimum atomic E-state index is -3.01. The molecule has 0 spiro atoms. The lowest BCUT2D eigenvalue weighted by atomic mass is 9.99. The van der Waals surface area contributed by atoms with E-state index in [1.54, 1.807) is 23.6 Å². The fraction of sp³-hybridized carbons (Fsp3) is 0.444. The number of thiophene rings is 1. The number of likely N-dealkylation sites (N-methyl/N-ethyl adjacent to an activating group) is 1. The van der Waals surface area contributed by atoms with Crippen molar-refractivity contribution in [2.45, 2.75) is 38.5 Å². The van der Waals surface area contributed by atoms with E-state index in [9.17, 15) is 13.6 Å². The van der Waals surface area contributed by atoms with Crippen LogP contribution in [0.15, 0.2) is 35.8 Å². The minimum Gasteiger partial charge on any atom is -0.433 e. The average molecular weight is 607 g/mol. The van der Waals surface area contributed by atoms with Gasteiger partial charge in [-0.25, -0.2) is 4.98 Å². The van der Waals surface area contributed by atoms with E-state index in [0.29, 0.717) is 22.6 Å². The van der Waals surface area contributed by atoms with Gasteiger partial charge in [-0.3, -0.25) is 9.69 Å². The maximum atomic E-state index is 13.4. The molecule has 2 fully saturated rings. The molecular weight excluding hydrogens is 574 g/mol. The Hall–Kier alpha value is -3.26. The molecule has 2 saturated heterocycles. The molecule has 0 saturated carbocycles. The SMILES string of the molecule is CC1CN(C)CCN1C1CCN(c2ccc(Nc3ncc(Cl)c(Nc4ccsc4C(N)=O)n3)c(OC(F)F)c2)CC1. The molecule has 1 atom stereocenters. The monoisotopic (exact) mass is 606 g/mol. The summed E-state index contributed by atoms with van der Waals surface area (Å²) in [5, 5.41) is 7.85. The second-order valence-corrected chi connectivity index (χ2v) is 11.6.